The third kappa shape index (κ3) is 13.1. The summed E-state index contributed by atoms with van der Waals surface area (Å²) in [5.74, 6) is -0.971. The van der Waals surface area contributed by atoms with Gasteiger partial charge in [-0.1, -0.05) is 88.8 Å². The summed E-state index contributed by atoms with van der Waals surface area (Å²) < 4.78 is 10.7. The number of rotatable bonds is 18. The molecule has 0 aliphatic heterocycles. The van der Waals surface area contributed by atoms with Gasteiger partial charge in [-0.15, -0.1) is 0 Å². The van der Waals surface area contributed by atoms with Gasteiger partial charge in [-0.2, -0.15) is 0 Å². The lowest BCUT2D eigenvalue weighted by molar-refractivity contribution is 0.0464. The molecule has 0 spiro atoms. The SMILES string of the molecule is CCCCCC/C=C/CCOC(=O)c1ccccc1C(=O)OCC/C=C/CCCCCC. The number of carbonyl (C=O) groups is 2. The monoisotopic (exact) mass is 442 g/mol. The minimum atomic E-state index is -0.485. The van der Waals surface area contributed by atoms with Crippen LogP contribution in [0.3, 0.4) is 0 Å². The summed E-state index contributed by atoms with van der Waals surface area (Å²) in [5, 5.41) is 0. The molecule has 1 aromatic carbocycles. The number of allylic oxidation sites excluding steroid dienone is 2. The maximum absolute atomic E-state index is 12.4. The molecule has 0 aliphatic rings. The largest absolute Gasteiger partial charge is 0.462 e. The maximum Gasteiger partial charge on any atom is 0.339 e. The van der Waals surface area contributed by atoms with E-state index >= 15 is 0 Å². The molecule has 0 heterocycles. The fourth-order valence-electron chi connectivity index (χ4n) is 3.28. The fraction of sp³-hybridized carbons (Fsp3) is 0.571. The van der Waals surface area contributed by atoms with Crippen LogP contribution in [0, 0.1) is 0 Å². The van der Waals surface area contributed by atoms with E-state index in [0.29, 0.717) is 26.1 Å². The smallest absolute Gasteiger partial charge is 0.339 e. The second kappa shape index (κ2) is 19.3. The van der Waals surface area contributed by atoms with E-state index < -0.39 is 11.9 Å². The van der Waals surface area contributed by atoms with E-state index in [0.717, 1.165) is 12.8 Å². The number of carbonyl (C=O) groups excluding carboxylic acids is 2. The van der Waals surface area contributed by atoms with Gasteiger partial charge in [-0.05, 0) is 50.7 Å². The number of esters is 2. The molecular formula is C28H42O4. The molecule has 1 aromatic rings. The number of benzene rings is 1. The van der Waals surface area contributed by atoms with Crippen LogP contribution in [0.5, 0.6) is 0 Å². The Morgan fingerprint density at radius 3 is 1.44 bits per heavy atom. The lowest BCUT2D eigenvalue weighted by Gasteiger charge is -2.09. The van der Waals surface area contributed by atoms with Gasteiger partial charge in [-0.25, -0.2) is 9.59 Å². The molecule has 32 heavy (non-hydrogen) atoms. The van der Waals surface area contributed by atoms with Crippen LogP contribution in [0.4, 0.5) is 0 Å². The van der Waals surface area contributed by atoms with Crippen molar-refractivity contribution in [1.82, 2.24) is 0 Å². The van der Waals surface area contributed by atoms with Crippen LogP contribution in [-0.2, 0) is 9.47 Å². The zero-order chi connectivity index (χ0) is 23.3. The van der Waals surface area contributed by atoms with Gasteiger partial charge in [0.1, 0.15) is 0 Å². The predicted molar refractivity (Wildman–Crippen MR) is 132 cm³/mol. The van der Waals surface area contributed by atoms with Gasteiger partial charge >= 0.3 is 11.9 Å². The highest BCUT2D eigenvalue weighted by Gasteiger charge is 2.18. The van der Waals surface area contributed by atoms with Crippen LogP contribution in [0.25, 0.3) is 0 Å². The van der Waals surface area contributed by atoms with Crippen molar-refractivity contribution >= 4 is 11.9 Å². The highest BCUT2D eigenvalue weighted by Crippen LogP contribution is 2.13. The van der Waals surface area contributed by atoms with Gasteiger partial charge in [0, 0.05) is 0 Å². The van der Waals surface area contributed by atoms with Crippen LogP contribution in [0.15, 0.2) is 48.6 Å². The molecular weight excluding hydrogens is 400 g/mol. The molecule has 178 valence electrons. The Bertz CT molecular complexity index is 631. The summed E-state index contributed by atoms with van der Waals surface area (Å²) in [6.07, 6.45) is 21.9. The summed E-state index contributed by atoms with van der Waals surface area (Å²) in [6, 6.07) is 6.67. The van der Waals surface area contributed by atoms with E-state index in [4.69, 9.17) is 9.47 Å². The van der Waals surface area contributed by atoms with E-state index in [9.17, 15) is 9.59 Å². The van der Waals surface area contributed by atoms with Crippen LogP contribution in [0.2, 0.25) is 0 Å². The normalized spacial score (nSPS) is 11.3. The Morgan fingerprint density at radius 2 is 1.03 bits per heavy atom. The average Bonchev–Trinajstić information content (AvgIpc) is 2.81. The summed E-state index contributed by atoms with van der Waals surface area (Å²) in [7, 11) is 0. The van der Waals surface area contributed by atoms with Crippen LogP contribution < -0.4 is 0 Å². The van der Waals surface area contributed by atoms with Crippen molar-refractivity contribution < 1.29 is 19.1 Å². The molecule has 4 nitrogen and oxygen atoms in total. The van der Waals surface area contributed by atoms with E-state index in [-0.39, 0.29) is 11.1 Å². The average molecular weight is 443 g/mol. The zero-order valence-electron chi connectivity index (χ0n) is 20.2. The van der Waals surface area contributed by atoms with Gasteiger partial charge in [0.05, 0.1) is 24.3 Å². The Kier molecular flexibility index (Phi) is 16.7. The van der Waals surface area contributed by atoms with Crippen molar-refractivity contribution in [3.8, 4) is 0 Å². The summed E-state index contributed by atoms with van der Waals surface area (Å²) in [5.41, 5.74) is 0.514. The first-order valence-electron chi connectivity index (χ1n) is 12.4. The number of hydrogen-bond acceptors (Lipinski definition) is 4. The number of ether oxygens (including phenoxy) is 2. The highest BCUT2D eigenvalue weighted by atomic mass is 16.5. The molecule has 0 radical (unpaired) electrons. The first-order chi connectivity index (χ1) is 15.7. The van der Waals surface area contributed by atoms with E-state index in [1.807, 2.05) is 0 Å². The third-order valence-corrected chi connectivity index (χ3v) is 5.18. The molecule has 4 heteroatoms. The van der Waals surface area contributed by atoms with Crippen molar-refractivity contribution in [2.45, 2.75) is 90.9 Å². The molecule has 0 N–H and O–H groups in total. The molecule has 0 amide bonds. The Morgan fingerprint density at radius 1 is 0.625 bits per heavy atom. The molecule has 0 unspecified atom stereocenters. The molecule has 0 atom stereocenters. The quantitative estimate of drug-likeness (QED) is 0.132. The first kappa shape index (κ1) is 27.7. The summed E-state index contributed by atoms with van der Waals surface area (Å²) >= 11 is 0. The van der Waals surface area contributed by atoms with Gasteiger partial charge in [0.25, 0.3) is 0 Å². The standard InChI is InChI=1S/C28H42O4/c1-3-5-7-9-11-13-15-19-23-31-27(29)25-21-17-18-22-26(25)28(30)32-24-20-16-14-12-10-8-6-4-2/h13-18,21-22H,3-12,19-20,23-24H2,1-2H3/b15-13+,16-14+. The molecule has 0 aliphatic carbocycles. The van der Waals surface area contributed by atoms with E-state index in [1.54, 1.807) is 24.3 Å². The third-order valence-electron chi connectivity index (χ3n) is 5.18. The molecule has 0 aromatic heterocycles. The molecule has 0 saturated carbocycles. The van der Waals surface area contributed by atoms with Gasteiger partial charge in [0.2, 0.25) is 0 Å². The molecule has 0 fully saturated rings. The lowest BCUT2D eigenvalue weighted by atomic mass is 10.1. The van der Waals surface area contributed by atoms with Gasteiger partial charge in [0.15, 0.2) is 0 Å². The van der Waals surface area contributed by atoms with Crippen LogP contribution in [0.1, 0.15) is 112 Å². The van der Waals surface area contributed by atoms with E-state index in [2.05, 4.69) is 38.2 Å². The highest BCUT2D eigenvalue weighted by molar-refractivity contribution is 6.03. The Hall–Kier alpha value is -2.36. The van der Waals surface area contributed by atoms with Gasteiger partial charge in [-0.3, -0.25) is 0 Å². The Labute approximate surface area is 195 Å². The minimum absolute atomic E-state index is 0.257. The van der Waals surface area contributed by atoms with Crippen LogP contribution >= 0.6 is 0 Å². The van der Waals surface area contributed by atoms with Crippen LogP contribution in [-0.4, -0.2) is 25.2 Å². The fourth-order valence-corrected chi connectivity index (χ4v) is 3.28. The second-order valence-corrected chi connectivity index (χ2v) is 8.04. The van der Waals surface area contributed by atoms with Crippen molar-refractivity contribution in [2.75, 3.05) is 13.2 Å². The first-order valence-corrected chi connectivity index (χ1v) is 12.4. The summed E-state index contributed by atoms with van der Waals surface area (Å²) in [6.45, 7) is 5.01. The Balaban J connectivity index is 2.33. The zero-order valence-corrected chi connectivity index (χ0v) is 20.2. The number of hydrogen-bond donors (Lipinski definition) is 0. The second-order valence-electron chi connectivity index (χ2n) is 8.04. The summed E-state index contributed by atoms with van der Waals surface area (Å²) in [4.78, 5) is 24.9. The molecule has 1 rings (SSSR count). The van der Waals surface area contributed by atoms with E-state index in [1.165, 1.54) is 51.4 Å². The van der Waals surface area contributed by atoms with Gasteiger partial charge < -0.3 is 9.47 Å². The topological polar surface area (TPSA) is 52.6 Å². The number of unbranched alkanes of at least 4 members (excludes halogenated alkanes) is 8. The van der Waals surface area contributed by atoms with Crippen molar-refractivity contribution in [2.24, 2.45) is 0 Å². The molecule has 0 saturated heterocycles. The predicted octanol–water partition coefficient (Wildman–Crippen LogP) is 7.83. The van der Waals surface area contributed by atoms with Crippen molar-refractivity contribution in [3.05, 3.63) is 59.7 Å². The minimum Gasteiger partial charge on any atom is -0.462 e. The molecule has 0 bridgehead atoms. The van der Waals surface area contributed by atoms with Crippen molar-refractivity contribution in [1.29, 1.82) is 0 Å². The lowest BCUT2D eigenvalue weighted by Crippen LogP contribution is -2.14. The maximum atomic E-state index is 12.4. The van der Waals surface area contributed by atoms with Crippen molar-refractivity contribution in [3.63, 3.8) is 0 Å².